The lowest BCUT2D eigenvalue weighted by Gasteiger charge is -2.18. The third-order valence-electron chi connectivity index (χ3n) is 8.00. The van der Waals surface area contributed by atoms with Gasteiger partial charge >= 0.3 is 5.97 Å². The predicted molar refractivity (Wildman–Crippen MR) is 169 cm³/mol. The molecule has 2 aromatic heterocycles. The number of hydrogen-bond donors (Lipinski definition) is 3. The molecule has 1 aliphatic rings. The van der Waals surface area contributed by atoms with Crippen LogP contribution in [-0.2, 0) is 39.6 Å². The van der Waals surface area contributed by atoms with Gasteiger partial charge in [-0.15, -0.1) is 0 Å². The molecule has 0 saturated heterocycles. The molecule has 4 bridgehead atoms. The number of ether oxygens (including phenoxy) is 2. The van der Waals surface area contributed by atoms with Crippen LogP contribution >= 0.6 is 0 Å². The fourth-order valence-electron chi connectivity index (χ4n) is 5.60. The summed E-state index contributed by atoms with van der Waals surface area (Å²) in [5.74, 6) is -4.54. The van der Waals surface area contributed by atoms with Crippen LogP contribution in [0.3, 0.4) is 0 Å². The van der Waals surface area contributed by atoms with Crippen LogP contribution in [-0.4, -0.2) is 60.5 Å². The minimum Gasteiger partial charge on any atom is -0.481 e. The molecule has 10 nitrogen and oxygen atoms in total. The van der Waals surface area contributed by atoms with Gasteiger partial charge in [-0.25, -0.2) is 18.4 Å². The zero-order chi connectivity index (χ0) is 33.2. The molecule has 3 heterocycles. The highest BCUT2D eigenvalue weighted by Gasteiger charge is 2.26. The van der Waals surface area contributed by atoms with Gasteiger partial charge in [0.2, 0.25) is 5.82 Å². The summed E-state index contributed by atoms with van der Waals surface area (Å²) in [5.41, 5.74) is 1.70. The van der Waals surface area contributed by atoms with Crippen molar-refractivity contribution in [3.63, 3.8) is 0 Å². The van der Waals surface area contributed by atoms with Crippen LogP contribution in [0.25, 0.3) is 22.3 Å². The van der Waals surface area contributed by atoms with Crippen molar-refractivity contribution in [1.29, 1.82) is 0 Å². The first-order valence-electron chi connectivity index (χ1n) is 14.9. The Labute approximate surface area is 270 Å². The maximum atomic E-state index is 15.5. The number of carboxylic acids is 1. The van der Waals surface area contributed by atoms with Gasteiger partial charge in [0.25, 0.3) is 0 Å². The van der Waals surface area contributed by atoms with Gasteiger partial charge in [-0.1, -0.05) is 31.2 Å². The lowest BCUT2D eigenvalue weighted by atomic mass is 9.97. The molecule has 0 fully saturated rings. The van der Waals surface area contributed by atoms with Gasteiger partial charge in [-0.3, -0.25) is 9.00 Å². The van der Waals surface area contributed by atoms with Gasteiger partial charge in [-0.2, -0.15) is 9.49 Å². The minimum absolute atomic E-state index is 0.00436. The number of rotatable bonds is 4. The number of nitrogens with zero attached hydrogens (tertiary/aromatic N) is 3. The van der Waals surface area contributed by atoms with Crippen molar-refractivity contribution in [2.24, 2.45) is 13.0 Å². The number of carbonyl (C=O) groups is 1. The number of aryl methyl sites for hydroxylation is 1. The molecule has 3 atom stereocenters. The molecule has 0 spiro atoms. The van der Waals surface area contributed by atoms with Gasteiger partial charge in [0.1, 0.15) is 11.6 Å². The van der Waals surface area contributed by atoms with E-state index in [4.69, 9.17) is 9.47 Å². The standard InChI is InChI=1S/C33H32F3N5O5S/c1-18(33(42)43)14-19-4-3-5-20(15-19)28-31-39-32(41(2)40-31)23-16-21(6-7-25(23)34)46-30-24(17-47(44)13-12-45-11-10-38-28)22-8-9-37-29(22)26(35)27(30)36/h3-9,15-16,18,28,37-38H,10-14,17H2,1-2H3,(H,42,43). The Balaban J connectivity index is 1.43. The normalized spacial score (nSPS) is 18.1. The average molecular weight is 668 g/mol. The van der Waals surface area contributed by atoms with Gasteiger partial charge in [0.15, 0.2) is 23.2 Å². The Morgan fingerprint density at radius 3 is 2.79 bits per heavy atom. The number of aromatic nitrogens is 4. The largest absolute Gasteiger partial charge is 0.481 e. The van der Waals surface area contributed by atoms with Crippen LogP contribution < -0.4 is 10.1 Å². The zero-order valence-corrected chi connectivity index (χ0v) is 26.4. The van der Waals surface area contributed by atoms with E-state index in [1.807, 2.05) is 24.3 Å². The molecule has 3 N–H and O–H groups in total. The SMILES string of the molecule is CC(Cc1cccc(C2NCCOCCS(=O)Cc3c(c(F)c(F)c4[nH]ccc34)Oc3ccc(F)c(c3)-c3nc2nn3C)c1)C(=O)O. The molecular formula is C33H32F3N5O5S. The smallest absolute Gasteiger partial charge is 0.306 e. The first-order chi connectivity index (χ1) is 22.6. The Hall–Kier alpha value is -4.53. The summed E-state index contributed by atoms with van der Waals surface area (Å²) >= 11 is 0. The summed E-state index contributed by atoms with van der Waals surface area (Å²) in [6, 6.07) is 12.1. The highest BCUT2D eigenvalue weighted by molar-refractivity contribution is 7.84. The van der Waals surface area contributed by atoms with E-state index in [0.717, 1.165) is 17.2 Å². The zero-order valence-electron chi connectivity index (χ0n) is 25.6. The van der Waals surface area contributed by atoms with Crippen LogP contribution in [0.4, 0.5) is 13.2 Å². The van der Waals surface area contributed by atoms with Crippen molar-refractivity contribution in [1.82, 2.24) is 25.1 Å². The van der Waals surface area contributed by atoms with E-state index in [1.165, 1.54) is 23.0 Å². The van der Waals surface area contributed by atoms with E-state index in [1.54, 1.807) is 20.0 Å². The third kappa shape index (κ3) is 6.80. The van der Waals surface area contributed by atoms with Gasteiger partial charge in [0, 0.05) is 47.3 Å². The van der Waals surface area contributed by atoms with Crippen LogP contribution in [0, 0.1) is 23.4 Å². The van der Waals surface area contributed by atoms with Crippen LogP contribution in [0.15, 0.2) is 54.7 Å². The average Bonchev–Trinajstić information content (AvgIpc) is 3.69. The molecular weight excluding hydrogens is 635 g/mol. The number of aromatic amines is 1. The van der Waals surface area contributed by atoms with Crippen molar-refractivity contribution in [3.8, 4) is 22.9 Å². The van der Waals surface area contributed by atoms with Gasteiger partial charge < -0.3 is 24.9 Å². The van der Waals surface area contributed by atoms with E-state index in [-0.39, 0.29) is 52.9 Å². The van der Waals surface area contributed by atoms with E-state index < -0.39 is 51.9 Å². The summed E-state index contributed by atoms with van der Waals surface area (Å²) in [7, 11) is 0.0767. The number of aliphatic carboxylic acids is 1. The highest BCUT2D eigenvalue weighted by atomic mass is 32.2. The van der Waals surface area contributed by atoms with Gasteiger partial charge in [0.05, 0.1) is 42.0 Å². The topological polar surface area (TPSA) is 131 Å². The van der Waals surface area contributed by atoms with Crippen molar-refractivity contribution in [2.75, 3.05) is 25.5 Å². The maximum absolute atomic E-state index is 15.5. The van der Waals surface area contributed by atoms with Crippen LogP contribution in [0.1, 0.15) is 35.5 Å². The third-order valence-corrected chi connectivity index (χ3v) is 9.23. The second-order valence-electron chi connectivity index (χ2n) is 11.3. The van der Waals surface area contributed by atoms with E-state index >= 15 is 13.2 Å². The molecule has 3 unspecified atom stereocenters. The Bertz CT molecular complexity index is 1980. The van der Waals surface area contributed by atoms with Crippen LogP contribution in [0.5, 0.6) is 11.5 Å². The minimum atomic E-state index is -1.53. The molecule has 0 radical (unpaired) electrons. The number of hydrogen-bond acceptors (Lipinski definition) is 7. The van der Waals surface area contributed by atoms with Gasteiger partial charge in [-0.05, 0) is 41.8 Å². The fourth-order valence-corrected chi connectivity index (χ4v) is 6.65. The maximum Gasteiger partial charge on any atom is 0.306 e. The van der Waals surface area contributed by atoms with E-state index in [2.05, 4.69) is 20.4 Å². The van der Waals surface area contributed by atoms with Crippen LogP contribution in [0.2, 0.25) is 0 Å². The number of carboxylic acid groups (broad SMARTS) is 1. The summed E-state index contributed by atoms with van der Waals surface area (Å²) in [5, 5.41) is 17.7. The number of H-pyrrole nitrogens is 1. The number of benzene rings is 3. The molecule has 47 heavy (non-hydrogen) atoms. The summed E-state index contributed by atoms with van der Waals surface area (Å²) in [4.78, 5) is 18.8. The number of halogens is 3. The molecule has 0 amide bonds. The highest BCUT2D eigenvalue weighted by Crippen LogP contribution is 2.38. The first kappa shape index (κ1) is 32.4. The molecule has 0 aliphatic carbocycles. The molecule has 246 valence electrons. The second-order valence-corrected chi connectivity index (χ2v) is 12.9. The molecule has 6 rings (SSSR count). The fraction of sp³-hybridized carbons (Fsp3) is 0.303. The number of nitrogens with one attached hydrogen (secondary N) is 2. The summed E-state index contributed by atoms with van der Waals surface area (Å²) in [6.45, 7) is 2.36. The summed E-state index contributed by atoms with van der Waals surface area (Å²) < 4.78 is 72.2. The number of fused-ring (bicyclic) bond motifs is 8. The van der Waals surface area contributed by atoms with Crippen molar-refractivity contribution < 1.29 is 36.8 Å². The lowest BCUT2D eigenvalue weighted by Crippen LogP contribution is -2.28. The molecule has 1 aliphatic heterocycles. The van der Waals surface area contributed by atoms with Crippen molar-refractivity contribution in [3.05, 3.63) is 94.7 Å². The molecule has 0 saturated carbocycles. The molecule has 3 aromatic carbocycles. The Morgan fingerprint density at radius 2 is 1.98 bits per heavy atom. The van der Waals surface area contributed by atoms with E-state index in [0.29, 0.717) is 24.2 Å². The lowest BCUT2D eigenvalue weighted by molar-refractivity contribution is -0.141. The van der Waals surface area contributed by atoms with E-state index in [9.17, 15) is 14.1 Å². The molecule has 14 heteroatoms. The van der Waals surface area contributed by atoms with Crippen molar-refractivity contribution >= 4 is 27.7 Å². The predicted octanol–water partition coefficient (Wildman–Crippen LogP) is 5.39. The molecule has 5 aromatic rings. The Morgan fingerprint density at radius 1 is 1.15 bits per heavy atom. The first-order valence-corrected chi connectivity index (χ1v) is 16.4. The monoisotopic (exact) mass is 667 g/mol. The van der Waals surface area contributed by atoms with Crippen molar-refractivity contribution in [2.45, 2.75) is 25.1 Å². The second kappa shape index (κ2) is 13.7. The summed E-state index contributed by atoms with van der Waals surface area (Å²) in [6.07, 6.45) is 1.78. The Kier molecular flexibility index (Phi) is 9.43. The quantitative estimate of drug-likeness (QED) is 0.233.